The first-order valence-corrected chi connectivity index (χ1v) is 9.18. The first-order chi connectivity index (χ1) is 13.6. The first-order valence-electron chi connectivity index (χ1n) is 9.18. The fraction of sp³-hybridized carbons (Fsp3) is 0.318. The summed E-state index contributed by atoms with van der Waals surface area (Å²) in [6.45, 7) is 2.18. The number of allylic oxidation sites excluding steroid dienone is 1. The molecular formula is C22H25NO5. The maximum absolute atomic E-state index is 12.7. The normalized spacial score (nSPS) is 13.8. The van der Waals surface area contributed by atoms with Crippen LogP contribution in [0.25, 0.3) is 6.08 Å². The van der Waals surface area contributed by atoms with Gasteiger partial charge >= 0.3 is 0 Å². The number of ether oxygens (including phenoxy) is 3. The van der Waals surface area contributed by atoms with Crippen molar-refractivity contribution in [2.45, 2.75) is 12.8 Å². The van der Waals surface area contributed by atoms with E-state index in [1.165, 1.54) is 52.0 Å². The third kappa shape index (κ3) is 3.91. The molecule has 0 radical (unpaired) electrons. The minimum atomic E-state index is -0.390. The second-order valence-corrected chi connectivity index (χ2v) is 6.52. The van der Waals surface area contributed by atoms with Gasteiger partial charge in [0, 0.05) is 24.8 Å². The van der Waals surface area contributed by atoms with E-state index >= 15 is 0 Å². The highest BCUT2D eigenvalue weighted by Gasteiger charge is 2.24. The molecule has 2 aromatic carbocycles. The van der Waals surface area contributed by atoms with Crippen LogP contribution < -0.4 is 19.1 Å². The third-order valence-corrected chi connectivity index (χ3v) is 4.85. The second kappa shape index (κ2) is 8.69. The molecule has 6 heteroatoms. The molecule has 0 aliphatic carbocycles. The molecular weight excluding hydrogens is 358 g/mol. The average molecular weight is 383 g/mol. The Balaban J connectivity index is 1.84. The third-order valence-electron chi connectivity index (χ3n) is 4.85. The second-order valence-electron chi connectivity index (χ2n) is 6.52. The molecule has 148 valence electrons. The van der Waals surface area contributed by atoms with Crippen molar-refractivity contribution < 1.29 is 24.1 Å². The summed E-state index contributed by atoms with van der Waals surface area (Å²) in [6, 6.07) is 9.41. The number of carbonyl (C=O) groups excluding carboxylic acids is 1. The van der Waals surface area contributed by atoms with Gasteiger partial charge in [-0.25, -0.2) is 0 Å². The van der Waals surface area contributed by atoms with Crippen molar-refractivity contribution >= 4 is 17.5 Å². The van der Waals surface area contributed by atoms with Crippen LogP contribution in [0.1, 0.15) is 28.8 Å². The van der Waals surface area contributed by atoms with Gasteiger partial charge in [0.1, 0.15) is 11.3 Å². The van der Waals surface area contributed by atoms with Gasteiger partial charge in [0.05, 0.1) is 21.3 Å². The van der Waals surface area contributed by atoms with Crippen molar-refractivity contribution in [1.29, 1.82) is 0 Å². The molecule has 0 aromatic heterocycles. The standard InChI is InChI=1S/C22H25NO5/c1-26-19-14-18(25)20(22(28-3)21(19)27-2)17(24)11-8-15-6-9-16(10-7-15)23-12-4-5-13-23/h6-11,14,25H,4-5,12-13H2,1-3H3/b11-8+. The van der Waals surface area contributed by atoms with Crippen LogP contribution in [-0.4, -0.2) is 45.3 Å². The lowest BCUT2D eigenvalue weighted by Gasteiger charge is -2.17. The van der Waals surface area contributed by atoms with Gasteiger partial charge in [-0.05, 0) is 36.6 Å². The topological polar surface area (TPSA) is 68.2 Å². The quantitative estimate of drug-likeness (QED) is 0.577. The van der Waals surface area contributed by atoms with Crippen molar-refractivity contribution in [3.05, 3.63) is 47.5 Å². The van der Waals surface area contributed by atoms with E-state index in [4.69, 9.17) is 14.2 Å². The van der Waals surface area contributed by atoms with Gasteiger partial charge in [-0.1, -0.05) is 18.2 Å². The number of phenolic OH excluding ortho intramolecular Hbond substituents is 1. The maximum atomic E-state index is 12.7. The predicted molar refractivity (Wildman–Crippen MR) is 109 cm³/mol. The van der Waals surface area contributed by atoms with Crippen molar-refractivity contribution in [1.82, 2.24) is 0 Å². The highest BCUT2D eigenvalue weighted by molar-refractivity contribution is 6.11. The molecule has 0 amide bonds. The minimum Gasteiger partial charge on any atom is -0.507 e. The van der Waals surface area contributed by atoms with E-state index in [2.05, 4.69) is 17.0 Å². The largest absolute Gasteiger partial charge is 0.507 e. The Morgan fingerprint density at radius 1 is 1.00 bits per heavy atom. The zero-order valence-corrected chi connectivity index (χ0v) is 16.4. The van der Waals surface area contributed by atoms with Crippen LogP contribution in [-0.2, 0) is 0 Å². The molecule has 1 fully saturated rings. The molecule has 3 rings (SSSR count). The smallest absolute Gasteiger partial charge is 0.204 e. The van der Waals surface area contributed by atoms with Crippen LogP contribution in [0.4, 0.5) is 5.69 Å². The first kappa shape index (κ1) is 19.6. The van der Waals surface area contributed by atoms with Gasteiger partial charge < -0.3 is 24.2 Å². The average Bonchev–Trinajstić information content (AvgIpc) is 3.26. The molecule has 0 spiro atoms. The van der Waals surface area contributed by atoms with Crippen LogP contribution in [0.15, 0.2) is 36.4 Å². The number of nitrogens with zero attached hydrogens (tertiary/aromatic N) is 1. The predicted octanol–water partition coefficient (Wildman–Crippen LogP) is 3.91. The number of methoxy groups -OCH3 is 3. The number of hydrogen-bond donors (Lipinski definition) is 1. The Kier molecular flexibility index (Phi) is 6.09. The number of benzene rings is 2. The minimum absolute atomic E-state index is 0.0325. The fourth-order valence-corrected chi connectivity index (χ4v) is 3.41. The van der Waals surface area contributed by atoms with Gasteiger partial charge in [-0.15, -0.1) is 0 Å². The maximum Gasteiger partial charge on any atom is 0.204 e. The van der Waals surface area contributed by atoms with Gasteiger partial charge in [0.2, 0.25) is 5.75 Å². The number of ketones is 1. The van der Waals surface area contributed by atoms with E-state index in [1.807, 2.05) is 12.1 Å². The van der Waals surface area contributed by atoms with Crippen molar-refractivity contribution in [3.63, 3.8) is 0 Å². The monoisotopic (exact) mass is 383 g/mol. The van der Waals surface area contributed by atoms with Crippen LogP contribution in [0.2, 0.25) is 0 Å². The van der Waals surface area contributed by atoms with E-state index in [0.29, 0.717) is 0 Å². The van der Waals surface area contributed by atoms with Gasteiger partial charge in [-0.2, -0.15) is 0 Å². The Labute approximate surface area is 164 Å². The molecule has 1 aliphatic rings. The molecule has 1 aliphatic heterocycles. The molecule has 1 heterocycles. The van der Waals surface area contributed by atoms with Crippen LogP contribution in [0, 0.1) is 0 Å². The molecule has 1 saturated heterocycles. The SMILES string of the molecule is COc1cc(O)c(C(=O)/C=C/c2ccc(N3CCCC3)cc2)c(OC)c1OC. The Bertz CT molecular complexity index is 867. The summed E-state index contributed by atoms with van der Waals surface area (Å²) < 4.78 is 15.8. The van der Waals surface area contributed by atoms with Crippen LogP contribution in [0.3, 0.4) is 0 Å². The molecule has 2 aromatic rings. The van der Waals surface area contributed by atoms with E-state index in [0.717, 1.165) is 18.7 Å². The van der Waals surface area contributed by atoms with Crippen molar-refractivity contribution in [2.75, 3.05) is 39.3 Å². The summed E-state index contributed by atoms with van der Waals surface area (Å²) in [6.07, 6.45) is 5.58. The summed E-state index contributed by atoms with van der Waals surface area (Å²) >= 11 is 0. The van der Waals surface area contributed by atoms with Gasteiger partial charge in [-0.3, -0.25) is 4.79 Å². The number of carbonyl (C=O) groups is 1. The van der Waals surface area contributed by atoms with Gasteiger partial charge in [0.25, 0.3) is 0 Å². The fourth-order valence-electron chi connectivity index (χ4n) is 3.41. The zero-order chi connectivity index (χ0) is 20.1. The summed E-state index contributed by atoms with van der Waals surface area (Å²) in [5.41, 5.74) is 2.13. The molecule has 6 nitrogen and oxygen atoms in total. The molecule has 1 N–H and O–H groups in total. The number of hydrogen-bond acceptors (Lipinski definition) is 6. The molecule has 28 heavy (non-hydrogen) atoms. The molecule has 0 unspecified atom stereocenters. The van der Waals surface area contributed by atoms with E-state index in [1.54, 1.807) is 6.08 Å². The highest BCUT2D eigenvalue weighted by Crippen LogP contribution is 2.44. The summed E-state index contributed by atoms with van der Waals surface area (Å²) in [7, 11) is 4.31. The summed E-state index contributed by atoms with van der Waals surface area (Å²) in [4.78, 5) is 15.1. The molecule has 0 saturated carbocycles. The number of rotatable bonds is 7. The van der Waals surface area contributed by atoms with Crippen molar-refractivity contribution in [2.24, 2.45) is 0 Å². The van der Waals surface area contributed by atoms with Crippen molar-refractivity contribution in [3.8, 4) is 23.0 Å². The Morgan fingerprint density at radius 2 is 1.64 bits per heavy atom. The zero-order valence-electron chi connectivity index (χ0n) is 16.4. The van der Waals surface area contributed by atoms with Gasteiger partial charge in [0.15, 0.2) is 17.3 Å². The molecule has 0 atom stereocenters. The number of aromatic hydroxyl groups is 1. The summed E-state index contributed by atoms with van der Waals surface area (Å²) in [5, 5.41) is 10.3. The number of phenols is 1. The van der Waals surface area contributed by atoms with E-state index in [-0.39, 0.29) is 34.3 Å². The Hall–Kier alpha value is -3.15. The lowest BCUT2D eigenvalue weighted by molar-refractivity contribution is 0.104. The lowest BCUT2D eigenvalue weighted by atomic mass is 10.0. The Morgan fingerprint density at radius 3 is 2.21 bits per heavy atom. The van der Waals surface area contributed by atoms with E-state index in [9.17, 15) is 9.90 Å². The van der Waals surface area contributed by atoms with E-state index < -0.39 is 0 Å². The van der Waals surface area contributed by atoms with Crippen LogP contribution in [0.5, 0.6) is 23.0 Å². The van der Waals surface area contributed by atoms with Crippen LogP contribution >= 0.6 is 0 Å². The lowest BCUT2D eigenvalue weighted by Crippen LogP contribution is -2.17. The number of anilines is 1. The molecule has 0 bridgehead atoms. The highest BCUT2D eigenvalue weighted by atomic mass is 16.5. The summed E-state index contributed by atoms with van der Waals surface area (Å²) in [5.74, 6) is 0.0650.